The van der Waals surface area contributed by atoms with E-state index < -0.39 is 0 Å². The maximum Gasteiger partial charge on any atom is 0.274 e. The van der Waals surface area contributed by atoms with Gasteiger partial charge in [-0.2, -0.15) is 5.10 Å². The lowest BCUT2D eigenvalue weighted by Gasteiger charge is -2.20. The SMILES string of the molecule is CCN(CCc1ccccc1)C(=O)c1nn(-c2ccccc2F)c2c1CCC2. The minimum atomic E-state index is -0.324. The second-order valence-electron chi connectivity index (χ2n) is 7.11. The Hall–Kier alpha value is -2.95. The summed E-state index contributed by atoms with van der Waals surface area (Å²) in [5.41, 5.74) is 4.03. The van der Waals surface area contributed by atoms with E-state index in [4.69, 9.17) is 0 Å². The monoisotopic (exact) mass is 377 g/mol. The lowest BCUT2D eigenvalue weighted by molar-refractivity contribution is 0.0758. The summed E-state index contributed by atoms with van der Waals surface area (Å²) in [6, 6.07) is 16.8. The highest BCUT2D eigenvalue weighted by Crippen LogP contribution is 2.29. The summed E-state index contributed by atoms with van der Waals surface area (Å²) in [5.74, 6) is -0.387. The van der Waals surface area contributed by atoms with Crippen molar-refractivity contribution in [2.75, 3.05) is 13.1 Å². The Labute approximate surface area is 164 Å². The van der Waals surface area contributed by atoms with E-state index in [-0.39, 0.29) is 11.7 Å². The first-order chi connectivity index (χ1) is 13.7. The molecule has 2 aromatic carbocycles. The van der Waals surface area contributed by atoms with Gasteiger partial charge in [0.05, 0.1) is 0 Å². The number of para-hydroxylation sites is 1. The predicted molar refractivity (Wildman–Crippen MR) is 107 cm³/mol. The highest BCUT2D eigenvalue weighted by atomic mass is 19.1. The highest BCUT2D eigenvalue weighted by Gasteiger charge is 2.29. The molecule has 0 saturated heterocycles. The van der Waals surface area contributed by atoms with E-state index in [2.05, 4.69) is 17.2 Å². The van der Waals surface area contributed by atoms with Gasteiger partial charge in [0.15, 0.2) is 5.69 Å². The van der Waals surface area contributed by atoms with Gasteiger partial charge in [-0.1, -0.05) is 42.5 Å². The number of nitrogens with zero attached hydrogens (tertiary/aromatic N) is 3. The summed E-state index contributed by atoms with van der Waals surface area (Å²) in [5, 5.41) is 4.57. The summed E-state index contributed by atoms with van der Waals surface area (Å²) >= 11 is 0. The maximum absolute atomic E-state index is 14.3. The van der Waals surface area contributed by atoms with Crippen molar-refractivity contribution in [3.63, 3.8) is 0 Å². The minimum absolute atomic E-state index is 0.0633. The Morgan fingerprint density at radius 1 is 1.11 bits per heavy atom. The van der Waals surface area contributed by atoms with Gasteiger partial charge in [0.2, 0.25) is 0 Å². The van der Waals surface area contributed by atoms with Gasteiger partial charge in [-0.15, -0.1) is 0 Å². The van der Waals surface area contributed by atoms with Crippen molar-refractivity contribution in [3.05, 3.63) is 82.9 Å². The Morgan fingerprint density at radius 2 is 1.86 bits per heavy atom. The summed E-state index contributed by atoms with van der Waals surface area (Å²) in [7, 11) is 0. The first kappa shape index (κ1) is 18.4. The van der Waals surface area contributed by atoms with E-state index in [1.165, 1.54) is 11.6 Å². The molecule has 1 heterocycles. The zero-order valence-electron chi connectivity index (χ0n) is 16.1. The van der Waals surface area contributed by atoms with Crippen LogP contribution in [0.15, 0.2) is 54.6 Å². The molecule has 1 aliphatic carbocycles. The smallest absolute Gasteiger partial charge is 0.274 e. The Kier molecular flexibility index (Phi) is 5.24. The Bertz CT molecular complexity index is 981. The number of hydrogen-bond acceptors (Lipinski definition) is 2. The van der Waals surface area contributed by atoms with E-state index in [0.29, 0.717) is 24.5 Å². The van der Waals surface area contributed by atoms with Gasteiger partial charge < -0.3 is 4.90 Å². The zero-order chi connectivity index (χ0) is 19.5. The molecule has 0 unspecified atom stereocenters. The fraction of sp³-hybridized carbons (Fsp3) is 0.304. The van der Waals surface area contributed by atoms with Crippen LogP contribution in [0.2, 0.25) is 0 Å². The number of aromatic nitrogens is 2. The molecule has 1 aliphatic rings. The number of hydrogen-bond donors (Lipinski definition) is 0. The Balaban J connectivity index is 1.62. The molecule has 0 radical (unpaired) electrons. The van der Waals surface area contributed by atoms with Gasteiger partial charge in [-0.25, -0.2) is 9.07 Å². The quantitative estimate of drug-likeness (QED) is 0.646. The van der Waals surface area contributed by atoms with E-state index in [1.807, 2.05) is 30.0 Å². The maximum atomic E-state index is 14.3. The summed E-state index contributed by atoms with van der Waals surface area (Å²) in [6.07, 6.45) is 3.41. The number of likely N-dealkylation sites (N-methyl/N-ethyl adjacent to an activating group) is 1. The van der Waals surface area contributed by atoms with Crippen LogP contribution < -0.4 is 0 Å². The molecule has 0 N–H and O–H groups in total. The zero-order valence-corrected chi connectivity index (χ0v) is 16.1. The molecular formula is C23H24FN3O. The fourth-order valence-electron chi connectivity index (χ4n) is 3.89. The normalized spacial score (nSPS) is 12.8. The molecule has 4 nitrogen and oxygen atoms in total. The van der Waals surface area contributed by atoms with E-state index in [0.717, 1.165) is 36.9 Å². The van der Waals surface area contributed by atoms with Gasteiger partial charge in [-0.05, 0) is 50.3 Å². The van der Waals surface area contributed by atoms with Crippen molar-refractivity contribution in [2.45, 2.75) is 32.6 Å². The van der Waals surface area contributed by atoms with Crippen molar-refractivity contribution in [2.24, 2.45) is 0 Å². The number of carbonyl (C=O) groups excluding carboxylic acids is 1. The van der Waals surface area contributed by atoms with Gasteiger partial charge >= 0.3 is 0 Å². The fourth-order valence-corrected chi connectivity index (χ4v) is 3.89. The third kappa shape index (κ3) is 3.44. The number of halogens is 1. The third-order valence-electron chi connectivity index (χ3n) is 5.40. The predicted octanol–water partition coefficient (Wildman–Crippen LogP) is 4.20. The molecule has 144 valence electrons. The van der Waals surface area contributed by atoms with Crippen LogP contribution in [0.3, 0.4) is 0 Å². The van der Waals surface area contributed by atoms with Crippen LogP contribution in [0.4, 0.5) is 4.39 Å². The second kappa shape index (κ2) is 7.97. The van der Waals surface area contributed by atoms with Crippen LogP contribution >= 0.6 is 0 Å². The van der Waals surface area contributed by atoms with Crippen LogP contribution in [0, 0.1) is 5.82 Å². The molecule has 4 rings (SSSR count). The molecule has 3 aromatic rings. The molecule has 5 heteroatoms. The lowest BCUT2D eigenvalue weighted by atomic mass is 10.1. The van der Waals surface area contributed by atoms with E-state index in [1.54, 1.807) is 22.9 Å². The average Bonchev–Trinajstić information content (AvgIpc) is 3.32. The van der Waals surface area contributed by atoms with Crippen molar-refractivity contribution >= 4 is 5.91 Å². The molecular weight excluding hydrogens is 353 g/mol. The van der Waals surface area contributed by atoms with Crippen molar-refractivity contribution in [3.8, 4) is 5.69 Å². The van der Waals surface area contributed by atoms with Crippen LogP contribution in [0.25, 0.3) is 5.69 Å². The molecule has 1 amide bonds. The highest BCUT2D eigenvalue weighted by molar-refractivity contribution is 5.94. The number of carbonyl (C=O) groups is 1. The van der Waals surface area contributed by atoms with Crippen LogP contribution in [0.1, 0.15) is 40.7 Å². The molecule has 0 bridgehead atoms. The summed E-state index contributed by atoms with van der Waals surface area (Å²) in [6.45, 7) is 3.24. The number of amides is 1. The summed E-state index contributed by atoms with van der Waals surface area (Å²) < 4.78 is 16.0. The van der Waals surface area contributed by atoms with Gasteiger partial charge in [-0.3, -0.25) is 4.79 Å². The number of benzene rings is 2. The van der Waals surface area contributed by atoms with Crippen LogP contribution in [0.5, 0.6) is 0 Å². The largest absolute Gasteiger partial charge is 0.337 e. The lowest BCUT2D eigenvalue weighted by Crippen LogP contribution is -2.33. The standard InChI is InChI=1S/C23H24FN3O/c1-2-26(16-15-17-9-4-3-5-10-17)23(28)22-18-11-8-14-20(18)27(25-22)21-13-7-6-12-19(21)24/h3-7,9-10,12-13H,2,8,11,14-16H2,1H3. The molecule has 0 aliphatic heterocycles. The summed E-state index contributed by atoms with van der Waals surface area (Å²) in [4.78, 5) is 15.1. The topological polar surface area (TPSA) is 38.1 Å². The van der Waals surface area contributed by atoms with Gasteiger partial charge in [0, 0.05) is 24.3 Å². The van der Waals surface area contributed by atoms with E-state index >= 15 is 0 Å². The number of fused-ring (bicyclic) bond motifs is 1. The van der Waals surface area contributed by atoms with Crippen LogP contribution in [-0.2, 0) is 19.3 Å². The Morgan fingerprint density at radius 3 is 2.61 bits per heavy atom. The first-order valence-corrected chi connectivity index (χ1v) is 9.88. The van der Waals surface area contributed by atoms with Crippen molar-refractivity contribution in [1.29, 1.82) is 0 Å². The first-order valence-electron chi connectivity index (χ1n) is 9.88. The van der Waals surface area contributed by atoms with Crippen LogP contribution in [-0.4, -0.2) is 33.7 Å². The molecule has 28 heavy (non-hydrogen) atoms. The molecule has 0 fully saturated rings. The molecule has 0 saturated carbocycles. The van der Waals surface area contributed by atoms with E-state index in [9.17, 15) is 9.18 Å². The molecule has 0 atom stereocenters. The third-order valence-corrected chi connectivity index (χ3v) is 5.40. The van der Waals surface area contributed by atoms with Gasteiger partial charge in [0.1, 0.15) is 11.5 Å². The van der Waals surface area contributed by atoms with Crippen molar-refractivity contribution in [1.82, 2.24) is 14.7 Å². The van der Waals surface area contributed by atoms with Gasteiger partial charge in [0.25, 0.3) is 5.91 Å². The molecule has 1 aromatic heterocycles. The molecule has 0 spiro atoms. The number of rotatable bonds is 6. The average molecular weight is 377 g/mol. The minimum Gasteiger partial charge on any atom is -0.337 e. The second-order valence-corrected chi connectivity index (χ2v) is 7.11. The van der Waals surface area contributed by atoms with Crippen molar-refractivity contribution < 1.29 is 9.18 Å².